The smallest absolute Gasteiger partial charge is 0.116 e. The quantitative estimate of drug-likeness (QED) is 0.0450. The van der Waals surface area contributed by atoms with Crippen LogP contribution in [0.4, 0.5) is 0 Å². The van der Waals surface area contributed by atoms with Crippen LogP contribution in [0.25, 0.3) is 82.6 Å². The van der Waals surface area contributed by atoms with Gasteiger partial charge in [-0.25, -0.2) is 9.97 Å². The van der Waals surface area contributed by atoms with E-state index in [0.29, 0.717) is 0 Å². The average Bonchev–Trinajstić information content (AvgIpc) is 4.37. The van der Waals surface area contributed by atoms with Crippen LogP contribution in [0, 0.1) is 23.7 Å². The highest BCUT2D eigenvalue weighted by molar-refractivity contribution is 7.31. The van der Waals surface area contributed by atoms with Gasteiger partial charge >= 0.3 is 0 Å². The van der Waals surface area contributed by atoms with Gasteiger partial charge in [0.15, 0.2) is 0 Å². The van der Waals surface area contributed by atoms with Crippen molar-refractivity contribution in [2.75, 3.05) is 0 Å². The van der Waals surface area contributed by atoms with Crippen LogP contribution >= 0.6 is 57.1 Å². The molecule has 0 saturated heterocycles. The van der Waals surface area contributed by atoms with Crippen molar-refractivity contribution in [1.29, 1.82) is 0 Å². The summed E-state index contributed by atoms with van der Waals surface area (Å²) in [5.41, 5.74) is 17.0. The maximum atomic E-state index is 5.58. The van der Waals surface area contributed by atoms with E-state index in [2.05, 4.69) is 130 Å². The highest BCUT2D eigenvalue weighted by Crippen LogP contribution is 2.50. The molecule has 9 heteroatoms. The molecule has 4 unspecified atom stereocenters. The van der Waals surface area contributed by atoms with E-state index in [1.165, 1.54) is 212 Å². The molecular formula is C68H88N4S5. The van der Waals surface area contributed by atoms with Crippen molar-refractivity contribution in [1.82, 2.24) is 18.7 Å². The maximum absolute atomic E-state index is 5.58. The van der Waals surface area contributed by atoms with Crippen LogP contribution < -0.4 is 0 Å². The lowest BCUT2D eigenvalue weighted by molar-refractivity contribution is 0.444. The van der Waals surface area contributed by atoms with Gasteiger partial charge in [0.1, 0.15) is 22.1 Å². The summed E-state index contributed by atoms with van der Waals surface area (Å²) >= 11 is 8.98. The molecule has 0 fully saturated rings. The molecule has 77 heavy (non-hydrogen) atoms. The van der Waals surface area contributed by atoms with Gasteiger partial charge in [0.25, 0.3) is 0 Å². The highest BCUT2D eigenvalue weighted by Gasteiger charge is 2.27. The molecule has 0 N–H and O–H groups in total. The molecule has 0 bridgehead atoms. The molecule has 6 aromatic heterocycles. The largest absolute Gasteiger partial charge is 0.249 e. The topological polar surface area (TPSA) is 51.6 Å². The van der Waals surface area contributed by atoms with E-state index in [1.807, 2.05) is 45.3 Å². The Morgan fingerprint density at radius 2 is 0.649 bits per heavy atom. The Labute approximate surface area is 483 Å². The number of rotatable bonds is 30. The van der Waals surface area contributed by atoms with Crippen LogP contribution in [-0.2, 0) is 38.5 Å². The number of nitrogens with zero attached hydrogens (tertiary/aromatic N) is 4. The van der Waals surface area contributed by atoms with E-state index in [1.54, 1.807) is 0 Å². The second-order valence-corrected chi connectivity index (χ2v) is 27.6. The summed E-state index contributed by atoms with van der Waals surface area (Å²) in [5.74, 6) is 2.95. The van der Waals surface area contributed by atoms with Gasteiger partial charge in [-0.05, 0) is 120 Å². The molecule has 0 spiro atoms. The van der Waals surface area contributed by atoms with E-state index < -0.39 is 0 Å². The van der Waals surface area contributed by atoms with Gasteiger partial charge in [-0.3, -0.25) is 0 Å². The van der Waals surface area contributed by atoms with E-state index in [-0.39, 0.29) is 0 Å². The lowest BCUT2D eigenvalue weighted by Gasteiger charge is -2.19. The molecule has 6 heterocycles. The van der Waals surface area contributed by atoms with Gasteiger partial charge in [0.05, 0.1) is 23.1 Å². The molecule has 0 aliphatic carbocycles. The molecule has 0 amide bonds. The first-order chi connectivity index (χ1) is 37.6. The first kappa shape index (κ1) is 57.8. The van der Waals surface area contributed by atoms with Crippen molar-refractivity contribution in [3.05, 3.63) is 94.3 Å². The summed E-state index contributed by atoms with van der Waals surface area (Å²) in [6.07, 6.45) is 27.0. The van der Waals surface area contributed by atoms with Gasteiger partial charge in [0.2, 0.25) is 0 Å². The molecule has 0 saturated carbocycles. The lowest BCUT2D eigenvalue weighted by atomic mass is 9.87. The Hall–Kier alpha value is -3.86. The molecule has 4 nitrogen and oxygen atoms in total. The van der Waals surface area contributed by atoms with Crippen LogP contribution in [0.3, 0.4) is 0 Å². The Bertz CT molecular complexity index is 2990. The maximum Gasteiger partial charge on any atom is 0.116 e. The van der Waals surface area contributed by atoms with Crippen molar-refractivity contribution in [3.8, 4) is 41.8 Å². The normalized spacial score (nSPS) is 13.7. The third-order valence-electron chi connectivity index (χ3n) is 17.0. The highest BCUT2D eigenvalue weighted by atomic mass is 32.1. The molecule has 4 atom stereocenters. The molecule has 410 valence electrons. The summed E-state index contributed by atoms with van der Waals surface area (Å²) < 4.78 is 15.6. The summed E-state index contributed by atoms with van der Waals surface area (Å²) in [7, 11) is 0. The Morgan fingerprint density at radius 3 is 0.935 bits per heavy atom. The van der Waals surface area contributed by atoms with Gasteiger partial charge in [0, 0.05) is 49.4 Å². The second-order valence-electron chi connectivity index (χ2n) is 22.7. The number of aryl methyl sites for hydroxylation is 2. The number of aromatic nitrogens is 4. The zero-order valence-electron chi connectivity index (χ0n) is 48.5. The predicted molar refractivity (Wildman–Crippen MR) is 346 cm³/mol. The van der Waals surface area contributed by atoms with Gasteiger partial charge in [-0.1, -0.05) is 208 Å². The van der Waals surface area contributed by atoms with E-state index in [0.717, 1.165) is 81.1 Å². The lowest BCUT2D eigenvalue weighted by Crippen LogP contribution is -2.07. The third kappa shape index (κ3) is 13.5. The molecular weight excluding hydrogens is 1030 g/mol. The SMILES string of the molecule is CCCCC(CC)Cc1cc(CC(CC)CCCC)cc(-c2cc3sc(-c4c5nsnc5c(-c5cc6sc(-c7cc(CC(CC)CCCC)cc(CC(CC)CCCC)c7)cc6s5)c5nc(CC)c(CC)nc45)cc3s2)c1. The minimum atomic E-state index is 0.737. The van der Waals surface area contributed by atoms with Crippen LogP contribution in [0.1, 0.15) is 206 Å². The average molecular weight is 1120 g/mol. The van der Waals surface area contributed by atoms with Gasteiger partial charge in [-0.2, -0.15) is 8.75 Å². The Morgan fingerprint density at radius 1 is 0.351 bits per heavy atom. The fourth-order valence-corrected chi connectivity index (χ4v) is 17.6. The first-order valence-corrected chi connectivity index (χ1v) is 34.5. The van der Waals surface area contributed by atoms with Crippen LogP contribution in [-0.4, -0.2) is 18.7 Å². The number of unbranched alkanes of at least 4 members (excludes halogenated alkanes) is 4. The Balaban J connectivity index is 1.10. The van der Waals surface area contributed by atoms with E-state index >= 15 is 0 Å². The number of hydrogen-bond acceptors (Lipinski definition) is 9. The van der Waals surface area contributed by atoms with Crippen molar-refractivity contribution in [2.24, 2.45) is 23.7 Å². The van der Waals surface area contributed by atoms with Crippen LogP contribution in [0.2, 0.25) is 0 Å². The minimum absolute atomic E-state index is 0.737. The number of hydrogen-bond donors (Lipinski definition) is 0. The number of thiophene rings is 4. The second kappa shape index (κ2) is 27.5. The number of benzene rings is 3. The van der Waals surface area contributed by atoms with E-state index in [9.17, 15) is 0 Å². The summed E-state index contributed by atoms with van der Waals surface area (Å²) in [5, 5.41) is 0. The van der Waals surface area contributed by atoms with Crippen LogP contribution in [0.5, 0.6) is 0 Å². The monoisotopic (exact) mass is 1120 g/mol. The molecule has 3 aromatic carbocycles. The standard InChI is InChI=1S/C68H88N4S5/c1-11-21-25-43(15-5)29-47-33-48(30-44(16-6)26-22-12-2)36-51(35-47)55-39-57-59(73-55)41-61(75-57)63-65-66(70-54(20-10)53(19-9)69-65)64(68-67(63)71-77-72-68)62-42-60-58(76-62)40-56(74-60)52-37-49(31-45(17-7)27-23-13-3)34-50(38-52)32-46(18-8)28-24-14-4/h33-46H,11-32H2,1-10H3. The summed E-state index contributed by atoms with van der Waals surface area (Å²) in [6.45, 7) is 23.3. The van der Waals surface area contributed by atoms with Crippen molar-refractivity contribution >= 4 is 97.9 Å². The van der Waals surface area contributed by atoms with Crippen molar-refractivity contribution in [3.63, 3.8) is 0 Å². The van der Waals surface area contributed by atoms with Crippen molar-refractivity contribution < 1.29 is 0 Å². The molecule has 0 aliphatic rings. The third-order valence-corrected chi connectivity index (χ3v) is 22.3. The molecule has 0 aliphatic heterocycles. The summed E-state index contributed by atoms with van der Waals surface area (Å²) in [6, 6.07) is 25.1. The molecule has 9 rings (SSSR count). The molecule has 0 radical (unpaired) electrons. The van der Waals surface area contributed by atoms with Crippen molar-refractivity contribution in [2.45, 2.75) is 210 Å². The fourth-order valence-electron chi connectivity index (χ4n) is 12.2. The summed E-state index contributed by atoms with van der Waals surface area (Å²) in [4.78, 5) is 16.3. The Kier molecular flexibility index (Phi) is 20.7. The van der Waals surface area contributed by atoms with Gasteiger partial charge in [-0.15, -0.1) is 45.3 Å². The van der Waals surface area contributed by atoms with E-state index in [4.69, 9.17) is 18.7 Å². The minimum Gasteiger partial charge on any atom is -0.249 e. The zero-order chi connectivity index (χ0) is 54.0. The fraction of sp³-hybridized carbons (Fsp3) is 0.529. The van der Waals surface area contributed by atoms with Gasteiger partial charge < -0.3 is 0 Å². The first-order valence-electron chi connectivity index (χ1n) is 30.5. The molecule has 9 aromatic rings. The predicted octanol–water partition coefficient (Wildman–Crippen LogP) is 23.0. The zero-order valence-corrected chi connectivity index (χ0v) is 52.6. The number of fused-ring (bicyclic) bond motifs is 4. The van der Waals surface area contributed by atoms with Crippen LogP contribution in [0.15, 0.2) is 60.7 Å².